The second kappa shape index (κ2) is 16.8. The number of carbonyl (C=O) groups excluding carboxylic acids is 1. The molecule has 0 spiro atoms. The molecule has 0 N–H and O–H groups in total. The van der Waals surface area contributed by atoms with Crippen molar-refractivity contribution in [1.82, 2.24) is 20.0 Å². The number of aromatic nitrogens is 4. The summed E-state index contributed by atoms with van der Waals surface area (Å²) in [4.78, 5) is 18.3. The molecule has 2 heterocycles. The van der Waals surface area contributed by atoms with Crippen LogP contribution in [0.15, 0.2) is 218 Å². The van der Waals surface area contributed by atoms with E-state index < -0.39 is 25.5 Å². The summed E-state index contributed by atoms with van der Waals surface area (Å²) in [7, 11) is 0. The number of pyridine rings is 1. The molecule has 9 rings (SSSR count). The number of allylic oxidation sites excluding steroid dienone is 1. The van der Waals surface area contributed by atoms with Gasteiger partial charge in [-0.1, -0.05) is 0 Å². The summed E-state index contributed by atoms with van der Waals surface area (Å²) in [5, 5.41) is 20.0. The van der Waals surface area contributed by atoms with E-state index in [-0.39, 0.29) is 0 Å². The van der Waals surface area contributed by atoms with E-state index in [9.17, 15) is 10.1 Å². The Hall–Kier alpha value is -7.45. The number of nitrogens with zero attached hydrogens (tertiary/aromatic N) is 5. The van der Waals surface area contributed by atoms with Gasteiger partial charge in [0.25, 0.3) is 0 Å². The van der Waals surface area contributed by atoms with Crippen LogP contribution in [-0.2, 0) is 14.5 Å². The van der Waals surface area contributed by atoms with Crippen molar-refractivity contribution in [3.63, 3.8) is 0 Å². The molecule has 286 valence electrons. The van der Waals surface area contributed by atoms with Gasteiger partial charge in [-0.05, 0) is 0 Å². The number of carbonyl (C=O) groups is 1. The van der Waals surface area contributed by atoms with Crippen molar-refractivity contribution in [2.24, 2.45) is 0 Å². The number of rotatable bonds is 12. The SMILES string of the molecule is N#Cc1cccc(/C(=C\C=O)c2cc([AsH]C(c3ccccc3)(c3ccccc3)c3ccccc3)nc3c2nnn3C(c2ccccc2)(c2ccccc2)c2ccccc2)c1. The molecule has 0 radical (unpaired) electrons. The molecular formula is C53H38AsN5O. The molecule has 0 aliphatic heterocycles. The minimum absolute atomic E-state index is 0.486. The Labute approximate surface area is 355 Å². The second-order valence-corrected chi connectivity index (χ2v) is 17.6. The summed E-state index contributed by atoms with van der Waals surface area (Å²) in [6.07, 6.45) is 2.36. The second-order valence-electron chi connectivity index (χ2n) is 14.4. The van der Waals surface area contributed by atoms with Crippen molar-refractivity contribution in [3.8, 4) is 6.07 Å². The molecule has 7 aromatic carbocycles. The third kappa shape index (κ3) is 6.75. The molecule has 9 aromatic rings. The number of hydrogen-bond acceptors (Lipinski definition) is 5. The van der Waals surface area contributed by atoms with Crippen LogP contribution >= 0.6 is 0 Å². The van der Waals surface area contributed by atoms with Crippen LogP contribution in [0.4, 0.5) is 0 Å². The van der Waals surface area contributed by atoms with Crippen LogP contribution in [0.1, 0.15) is 50.1 Å². The molecule has 1 atom stereocenters. The molecule has 60 heavy (non-hydrogen) atoms. The van der Waals surface area contributed by atoms with Gasteiger partial charge in [0.1, 0.15) is 0 Å². The van der Waals surface area contributed by atoms with Gasteiger partial charge in [-0.15, -0.1) is 0 Å². The molecule has 0 amide bonds. The van der Waals surface area contributed by atoms with Crippen LogP contribution in [0.3, 0.4) is 0 Å². The van der Waals surface area contributed by atoms with E-state index in [2.05, 4.69) is 140 Å². The van der Waals surface area contributed by atoms with Gasteiger partial charge < -0.3 is 0 Å². The third-order valence-corrected chi connectivity index (χ3v) is 14.7. The van der Waals surface area contributed by atoms with Gasteiger partial charge in [0.2, 0.25) is 0 Å². The van der Waals surface area contributed by atoms with E-state index in [1.165, 1.54) is 0 Å². The van der Waals surface area contributed by atoms with Crippen molar-refractivity contribution in [2.45, 2.75) is 9.74 Å². The van der Waals surface area contributed by atoms with Gasteiger partial charge in [-0.3, -0.25) is 0 Å². The molecule has 0 bridgehead atoms. The first kappa shape index (κ1) is 38.1. The van der Waals surface area contributed by atoms with Gasteiger partial charge in [0.15, 0.2) is 0 Å². The monoisotopic (exact) mass is 835 g/mol. The minimum atomic E-state index is -1.32. The van der Waals surface area contributed by atoms with E-state index in [4.69, 9.17) is 15.3 Å². The first-order chi connectivity index (χ1) is 29.7. The van der Waals surface area contributed by atoms with Crippen molar-refractivity contribution in [1.29, 1.82) is 5.26 Å². The van der Waals surface area contributed by atoms with Crippen molar-refractivity contribution in [3.05, 3.63) is 268 Å². The molecular weight excluding hydrogens is 798 g/mol. The summed E-state index contributed by atoms with van der Waals surface area (Å²) in [6.45, 7) is 0. The van der Waals surface area contributed by atoms with Gasteiger partial charge in [-0.25, -0.2) is 0 Å². The molecule has 0 aliphatic carbocycles. The quantitative estimate of drug-likeness (QED) is 0.0531. The number of fused-ring (bicyclic) bond motifs is 1. The van der Waals surface area contributed by atoms with Crippen molar-refractivity contribution in [2.75, 3.05) is 0 Å². The normalized spacial score (nSPS) is 12.1. The van der Waals surface area contributed by atoms with Crippen LogP contribution < -0.4 is 4.48 Å². The Kier molecular flexibility index (Phi) is 10.7. The maximum absolute atomic E-state index is 12.7. The van der Waals surface area contributed by atoms with Crippen LogP contribution in [0.25, 0.3) is 16.7 Å². The van der Waals surface area contributed by atoms with E-state index in [1.54, 1.807) is 12.1 Å². The van der Waals surface area contributed by atoms with E-state index >= 15 is 0 Å². The average Bonchev–Trinajstić information content (AvgIpc) is 3.76. The Balaban J connectivity index is 1.42. The molecule has 0 saturated carbocycles. The Morgan fingerprint density at radius 2 is 1.02 bits per heavy atom. The number of hydrogen-bond donors (Lipinski definition) is 0. The van der Waals surface area contributed by atoms with Gasteiger partial charge >= 0.3 is 358 Å². The topological polar surface area (TPSA) is 84.5 Å². The van der Waals surface area contributed by atoms with E-state index in [0.29, 0.717) is 27.9 Å². The third-order valence-electron chi connectivity index (χ3n) is 11.1. The predicted molar refractivity (Wildman–Crippen MR) is 240 cm³/mol. The molecule has 1 unspecified atom stereocenters. The zero-order valence-corrected chi connectivity index (χ0v) is 34.6. The van der Waals surface area contributed by atoms with Gasteiger partial charge in [0, 0.05) is 0 Å². The summed E-state index contributed by atoms with van der Waals surface area (Å²) in [5.74, 6) is 0. The maximum atomic E-state index is 12.7. The predicted octanol–water partition coefficient (Wildman–Crippen LogP) is 9.22. The number of benzene rings is 7. The Bertz CT molecular complexity index is 2770. The molecule has 0 saturated heterocycles. The van der Waals surface area contributed by atoms with E-state index in [1.807, 2.05) is 77.5 Å². The standard InChI is InChI=1S/C53H38AsN5O/c55-38-39-20-19-21-40(36-39)47(34-35-60)48-37-49(54-52(41-22-7-1-8-23-41,42-24-9-2-10-25-42)43-26-11-3-12-27-43)56-51-50(48)57-58-59(51)53(44-28-13-4-14-29-44,45-30-15-5-16-31-45)46-32-17-6-18-33-46/h1-37,54H/b47-34+. The summed E-state index contributed by atoms with van der Waals surface area (Å²) in [6, 6.07) is 74.9. The Morgan fingerprint density at radius 3 is 1.45 bits per heavy atom. The summed E-state index contributed by atoms with van der Waals surface area (Å²) >= 11 is -1.32. The fourth-order valence-electron chi connectivity index (χ4n) is 8.44. The molecule has 2 aromatic heterocycles. The summed E-state index contributed by atoms with van der Waals surface area (Å²) < 4.78 is 2.29. The molecule has 7 heteroatoms. The Morgan fingerprint density at radius 1 is 0.567 bits per heavy atom. The fourth-order valence-corrected chi connectivity index (χ4v) is 12.0. The molecule has 6 nitrogen and oxygen atoms in total. The van der Waals surface area contributed by atoms with Crippen LogP contribution in [0, 0.1) is 11.3 Å². The van der Waals surface area contributed by atoms with Crippen LogP contribution in [-0.4, -0.2) is 42.0 Å². The molecule has 0 fully saturated rings. The van der Waals surface area contributed by atoms with Crippen LogP contribution in [0.2, 0.25) is 0 Å². The number of nitriles is 1. The number of aldehydes is 1. The van der Waals surface area contributed by atoms with Crippen LogP contribution in [0.5, 0.6) is 0 Å². The first-order valence-electron chi connectivity index (χ1n) is 19.7. The summed E-state index contributed by atoms with van der Waals surface area (Å²) in [5.41, 5.74) is 9.07. The van der Waals surface area contributed by atoms with Crippen molar-refractivity contribution < 1.29 is 4.79 Å². The van der Waals surface area contributed by atoms with Crippen molar-refractivity contribution >= 4 is 43.3 Å². The van der Waals surface area contributed by atoms with Gasteiger partial charge in [0.05, 0.1) is 0 Å². The zero-order valence-electron chi connectivity index (χ0n) is 32.5. The average molecular weight is 836 g/mol. The zero-order chi connectivity index (χ0) is 40.8. The fraction of sp³-hybridized carbons (Fsp3) is 0.0377. The molecule has 0 aliphatic rings. The van der Waals surface area contributed by atoms with E-state index in [0.717, 1.165) is 49.7 Å². The first-order valence-corrected chi connectivity index (χ1v) is 21.8. The van der Waals surface area contributed by atoms with Gasteiger partial charge in [-0.2, -0.15) is 0 Å².